The standard InChI is InChI=1S/C14H11F3O2/c15-14(16,17)19-12-7-5-10(6-8-12)9-11-3-1-2-4-13(11)18/h2,4-9H,1,3H2/b11-9+. The Morgan fingerprint density at radius 3 is 2.42 bits per heavy atom. The van der Waals surface area contributed by atoms with E-state index >= 15 is 0 Å². The van der Waals surface area contributed by atoms with Gasteiger partial charge in [-0.15, -0.1) is 13.2 Å². The molecule has 2 nitrogen and oxygen atoms in total. The van der Waals surface area contributed by atoms with E-state index in [0.29, 0.717) is 17.6 Å². The first-order valence-electron chi connectivity index (χ1n) is 5.71. The van der Waals surface area contributed by atoms with Gasteiger partial charge in [-0.2, -0.15) is 0 Å². The molecule has 0 unspecified atom stereocenters. The molecule has 0 bridgehead atoms. The summed E-state index contributed by atoms with van der Waals surface area (Å²) in [6.45, 7) is 0. The monoisotopic (exact) mass is 268 g/mol. The molecule has 0 saturated heterocycles. The average Bonchev–Trinajstić information content (AvgIpc) is 2.33. The van der Waals surface area contributed by atoms with Gasteiger partial charge in [0.05, 0.1) is 0 Å². The van der Waals surface area contributed by atoms with E-state index in [-0.39, 0.29) is 11.5 Å². The highest BCUT2D eigenvalue weighted by Crippen LogP contribution is 2.24. The van der Waals surface area contributed by atoms with E-state index in [1.807, 2.05) is 0 Å². The van der Waals surface area contributed by atoms with Gasteiger partial charge < -0.3 is 4.74 Å². The van der Waals surface area contributed by atoms with Crippen molar-refractivity contribution < 1.29 is 22.7 Å². The van der Waals surface area contributed by atoms with Gasteiger partial charge in [0.2, 0.25) is 0 Å². The Morgan fingerprint density at radius 1 is 1.16 bits per heavy atom. The second-order valence-corrected chi connectivity index (χ2v) is 4.09. The van der Waals surface area contributed by atoms with Gasteiger partial charge in [0.15, 0.2) is 5.78 Å². The normalized spacial score (nSPS) is 17.8. The zero-order chi connectivity index (χ0) is 13.9. The molecule has 0 N–H and O–H groups in total. The molecule has 0 amide bonds. The van der Waals surface area contributed by atoms with Gasteiger partial charge in [-0.05, 0) is 42.7 Å². The molecule has 0 heterocycles. The Balaban J connectivity index is 2.13. The third kappa shape index (κ3) is 3.98. The molecule has 0 radical (unpaired) electrons. The lowest BCUT2D eigenvalue weighted by Gasteiger charge is -2.09. The predicted molar refractivity (Wildman–Crippen MR) is 64.5 cm³/mol. The van der Waals surface area contributed by atoms with Gasteiger partial charge in [0.25, 0.3) is 0 Å². The van der Waals surface area contributed by atoms with Gasteiger partial charge >= 0.3 is 6.36 Å². The van der Waals surface area contributed by atoms with E-state index in [1.54, 1.807) is 12.2 Å². The molecule has 0 atom stereocenters. The molecule has 0 fully saturated rings. The summed E-state index contributed by atoms with van der Waals surface area (Å²) >= 11 is 0. The first-order chi connectivity index (χ1) is 8.94. The van der Waals surface area contributed by atoms with E-state index in [1.165, 1.54) is 30.3 Å². The van der Waals surface area contributed by atoms with Crippen LogP contribution in [0.3, 0.4) is 0 Å². The lowest BCUT2D eigenvalue weighted by atomic mass is 9.97. The zero-order valence-electron chi connectivity index (χ0n) is 9.91. The number of alkyl halides is 3. The molecular weight excluding hydrogens is 257 g/mol. The van der Waals surface area contributed by atoms with Gasteiger partial charge in [-0.25, -0.2) is 0 Å². The quantitative estimate of drug-likeness (QED) is 0.761. The molecule has 100 valence electrons. The summed E-state index contributed by atoms with van der Waals surface area (Å²) in [5.41, 5.74) is 1.33. The molecule has 1 aliphatic rings. The maximum Gasteiger partial charge on any atom is 0.573 e. The average molecular weight is 268 g/mol. The number of hydrogen-bond acceptors (Lipinski definition) is 2. The Morgan fingerprint density at radius 2 is 1.84 bits per heavy atom. The third-order valence-corrected chi connectivity index (χ3v) is 2.62. The van der Waals surface area contributed by atoms with Crippen LogP contribution in [0, 0.1) is 0 Å². The third-order valence-electron chi connectivity index (χ3n) is 2.62. The molecule has 19 heavy (non-hydrogen) atoms. The summed E-state index contributed by atoms with van der Waals surface area (Å²) in [6.07, 6.45) is 1.76. The number of rotatable bonds is 2. The van der Waals surface area contributed by atoms with Crippen LogP contribution in [-0.4, -0.2) is 12.1 Å². The first kappa shape index (κ1) is 13.4. The molecule has 5 heteroatoms. The fraction of sp³-hybridized carbons (Fsp3) is 0.214. The summed E-state index contributed by atoms with van der Waals surface area (Å²) in [4.78, 5) is 11.5. The van der Waals surface area contributed by atoms with Gasteiger partial charge in [0.1, 0.15) is 5.75 Å². The first-order valence-corrected chi connectivity index (χ1v) is 5.71. The molecule has 1 aromatic rings. The van der Waals surface area contributed by atoms with Crippen molar-refractivity contribution in [2.45, 2.75) is 19.2 Å². The number of allylic oxidation sites excluding steroid dienone is 3. The lowest BCUT2D eigenvalue weighted by Crippen LogP contribution is -2.16. The Labute approximate surface area is 108 Å². The molecule has 1 aliphatic carbocycles. The number of ketones is 1. The number of benzene rings is 1. The predicted octanol–water partition coefficient (Wildman–Crippen LogP) is 3.89. The van der Waals surface area contributed by atoms with Gasteiger partial charge in [0, 0.05) is 5.57 Å². The topological polar surface area (TPSA) is 26.3 Å². The van der Waals surface area contributed by atoms with Crippen LogP contribution >= 0.6 is 0 Å². The van der Waals surface area contributed by atoms with E-state index < -0.39 is 6.36 Å². The lowest BCUT2D eigenvalue weighted by molar-refractivity contribution is -0.274. The number of carbonyl (C=O) groups is 1. The maximum atomic E-state index is 12.0. The van der Waals surface area contributed by atoms with Crippen LogP contribution in [0.2, 0.25) is 0 Å². The van der Waals surface area contributed by atoms with Crippen molar-refractivity contribution in [2.24, 2.45) is 0 Å². The van der Waals surface area contributed by atoms with Gasteiger partial charge in [-0.1, -0.05) is 18.2 Å². The van der Waals surface area contributed by atoms with Crippen molar-refractivity contribution in [3.05, 3.63) is 47.6 Å². The highest BCUT2D eigenvalue weighted by Gasteiger charge is 2.30. The number of carbonyl (C=O) groups excluding carboxylic acids is 1. The maximum absolute atomic E-state index is 12.0. The highest BCUT2D eigenvalue weighted by atomic mass is 19.4. The minimum Gasteiger partial charge on any atom is -0.406 e. The largest absolute Gasteiger partial charge is 0.573 e. The fourth-order valence-electron chi connectivity index (χ4n) is 1.77. The second kappa shape index (κ2) is 5.30. The van der Waals surface area contributed by atoms with E-state index in [9.17, 15) is 18.0 Å². The minimum atomic E-state index is -4.69. The molecule has 0 aromatic heterocycles. The van der Waals surface area contributed by atoms with Crippen LogP contribution in [0.1, 0.15) is 18.4 Å². The molecule has 0 spiro atoms. The number of hydrogen-bond donors (Lipinski definition) is 0. The molecule has 2 rings (SSSR count). The SMILES string of the molecule is O=C1C=CCC/C1=C\c1ccc(OC(F)(F)F)cc1. The molecular formula is C14H11F3O2. The van der Waals surface area contributed by atoms with Crippen molar-refractivity contribution in [1.29, 1.82) is 0 Å². The minimum absolute atomic E-state index is 0.0538. The van der Waals surface area contributed by atoms with Crippen LogP contribution in [0.25, 0.3) is 6.08 Å². The van der Waals surface area contributed by atoms with E-state index in [4.69, 9.17) is 0 Å². The van der Waals surface area contributed by atoms with Crippen molar-refractivity contribution in [3.8, 4) is 5.75 Å². The van der Waals surface area contributed by atoms with Crippen LogP contribution in [0.15, 0.2) is 42.0 Å². The molecule has 0 saturated carbocycles. The molecule has 1 aromatic carbocycles. The van der Waals surface area contributed by atoms with Crippen molar-refractivity contribution in [1.82, 2.24) is 0 Å². The molecule has 0 aliphatic heterocycles. The summed E-state index contributed by atoms with van der Waals surface area (Å²) in [7, 11) is 0. The van der Waals surface area contributed by atoms with Gasteiger partial charge in [-0.3, -0.25) is 4.79 Å². The summed E-state index contributed by atoms with van der Waals surface area (Å²) < 4.78 is 39.7. The summed E-state index contributed by atoms with van der Waals surface area (Å²) in [5, 5.41) is 0. The Kier molecular flexibility index (Phi) is 3.74. The summed E-state index contributed by atoms with van der Waals surface area (Å²) in [6, 6.07) is 5.42. The van der Waals surface area contributed by atoms with Crippen LogP contribution < -0.4 is 4.74 Å². The van der Waals surface area contributed by atoms with E-state index in [2.05, 4.69) is 4.74 Å². The van der Waals surface area contributed by atoms with Crippen molar-refractivity contribution >= 4 is 11.9 Å². The Bertz CT molecular complexity index is 525. The Hall–Kier alpha value is -2.04. The smallest absolute Gasteiger partial charge is 0.406 e. The van der Waals surface area contributed by atoms with E-state index in [0.717, 1.165) is 6.42 Å². The zero-order valence-corrected chi connectivity index (χ0v) is 9.91. The van der Waals surface area contributed by atoms with Crippen molar-refractivity contribution in [3.63, 3.8) is 0 Å². The second-order valence-electron chi connectivity index (χ2n) is 4.09. The number of halogens is 3. The van der Waals surface area contributed by atoms with Crippen LogP contribution in [0.4, 0.5) is 13.2 Å². The number of ether oxygens (including phenoxy) is 1. The fourth-order valence-corrected chi connectivity index (χ4v) is 1.77. The van der Waals surface area contributed by atoms with Crippen molar-refractivity contribution in [2.75, 3.05) is 0 Å². The summed E-state index contributed by atoms with van der Waals surface area (Å²) in [5.74, 6) is -0.327. The highest BCUT2D eigenvalue weighted by molar-refractivity contribution is 6.07. The van der Waals surface area contributed by atoms with Crippen LogP contribution in [0.5, 0.6) is 5.75 Å². The van der Waals surface area contributed by atoms with Crippen LogP contribution in [-0.2, 0) is 4.79 Å².